The fourth-order valence-electron chi connectivity index (χ4n) is 4.06. The van der Waals surface area contributed by atoms with Gasteiger partial charge in [0, 0.05) is 0 Å². The molecule has 0 saturated carbocycles. The van der Waals surface area contributed by atoms with Crippen molar-refractivity contribution in [3.63, 3.8) is 0 Å². The Bertz CT molecular complexity index is 1160. The van der Waals surface area contributed by atoms with Crippen molar-refractivity contribution in [2.75, 3.05) is 0 Å². The van der Waals surface area contributed by atoms with Crippen molar-refractivity contribution in [2.24, 2.45) is 0 Å². The molecule has 0 N–H and O–H groups in total. The monoisotopic (exact) mass is 552 g/mol. The number of fused-ring (bicyclic) bond motifs is 1. The molecule has 5 aromatic carbocycles. The molecule has 0 aliphatic carbocycles. The molecule has 0 aromatic heterocycles. The molecular formula is C31H31Cl2PTi. The topological polar surface area (TPSA) is 0 Å². The van der Waals surface area contributed by atoms with E-state index >= 15 is 0 Å². The number of halogens is 2. The van der Waals surface area contributed by atoms with E-state index in [2.05, 4.69) is 129 Å². The van der Waals surface area contributed by atoms with Gasteiger partial charge in [-0.05, 0) is 18.5 Å². The van der Waals surface area contributed by atoms with E-state index in [4.69, 9.17) is 0 Å². The van der Waals surface area contributed by atoms with Gasteiger partial charge >= 0.3 is 21.7 Å². The van der Waals surface area contributed by atoms with Crippen molar-refractivity contribution in [2.45, 2.75) is 33.1 Å². The summed E-state index contributed by atoms with van der Waals surface area (Å²) in [4.78, 5) is 0. The Hall–Kier alpha value is -1.66. The van der Waals surface area contributed by atoms with Crippen LogP contribution in [0.3, 0.4) is 0 Å². The van der Waals surface area contributed by atoms with Crippen LogP contribution in [-0.2, 0) is 28.1 Å². The van der Waals surface area contributed by atoms with Crippen LogP contribution < -0.4 is 40.7 Å². The zero-order chi connectivity index (χ0) is 22.2. The van der Waals surface area contributed by atoms with Crippen molar-refractivity contribution in [1.82, 2.24) is 0 Å². The Morgan fingerprint density at radius 1 is 0.743 bits per heavy atom. The summed E-state index contributed by atoms with van der Waals surface area (Å²) in [6.07, 6.45) is 3.88. The number of benzene rings is 3. The van der Waals surface area contributed by atoms with E-state index in [0.29, 0.717) is 0 Å². The first kappa shape index (κ1) is 31.4. The molecule has 0 aliphatic heterocycles. The molecular weight excluding hydrogens is 522 g/mol. The summed E-state index contributed by atoms with van der Waals surface area (Å²) >= 11 is 0. The largest absolute Gasteiger partial charge is 4.00 e. The molecule has 0 nitrogen and oxygen atoms in total. The van der Waals surface area contributed by atoms with Crippen LogP contribution in [-0.4, -0.2) is 0 Å². The maximum Gasteiger partial charge on any atom is 4.00 e. The van der Waals surface area contributed by atoms with Gasteiger partial charge in [0.05, 0.1) is 0 Å². The third kappa shape index (κ3) is 8.46. The number of hydrogen-bond acceptors (Lipinski definition) is 0. The first-order chi connectivity index (χ1) is 15.8. The van der Waals surface area contributed by atoms with E-state index in [1.54, 1.807) is 0 Å². The first-order valence-corrected chi connectivity index (χ1v) is 12.9. The Labute approximate surface area is 239 Å². The number of hydrogen-bond donors (Lipinski definition) is 0. The second-order valence-electron chi connectivity index (χ2n) is 8.19. The van der Waals surface area contributed by atoms with Crippen LogP contribution in [0.2, 0.25) is 0 Å². The van der Waals surface area contributed by atoms with Crippen molar-refractivity contribution >= 4 is 34.6 Å². The van der Waals surface area contributed by atoms with Gasteiger partial charge < -0.3 is 24.8 Å². The molecule has 0 bridgehead atoms. The van der Waals surface area contributed by atoms with E-state index < -0.39 is 7.92 Å². The molecule has 0 aliphatic rings. The molecule has 0 saturated heterocycles. The van der Waals surface area contributed by atoms with Crippen molar-refractivity contribution in [1.29, 1.82) is 0 Å². The van der Waals surface area contributed by atoms with Crippen LogP contribution in [0, 0.1) is 6.92 Å². The standard InChI is InChI=1S/C21H16P.C10H15.2ClH.Ti/c1-3-11-19(12-4-1)22(20-13-5-2-6-14-20)21-15-17-9-7-8-10-18(17)16-21;1-3-4-7-10-8-5-6-9(10)2;;;/h1-16H;5-6,8H,3-4,7H2,1-2H3;2*1H;/q2*-1;;;+4/p-2. The summed E-state index contributed by atoms with van der Waals surface area (Å²) < 4.78 is 0. The molecule has 35 heavy (non-hydrogen) atoms. The van der Waals surface area contributed by atoms with Gasteiger partial charge in [-0.1, -0.05) is 99.8 Å². The van der Waals surface area contributed by atoms with Gasteiger partial charge in [0.2, 0.25) is 0 Å². The summed E-state index contributed by atoms with van der Waals surface area (Å²) in [5.74, 6) is 0. The minimum absolute atomic E-state index is 0. The smallest absolute Gasteiger partial charge is 1.00 e. The molecule has 0 spiro atoms. The Balaban J connectivity index is 0.000000407. The van der Waals surface area contributed by atoms with Gasteiger partial charge in [0.15, 0.2) is 0 Å². The van der Waals surface area contributed by atoms with Crippen molar-refractivity contribution in [3.05, 3.63) is 126 Å². The minimum Gasteiger partial charge on any atom is -1.00 e. The molecule has 5 aromatic rings. The third-order valence-corrected chi connectivity index (χ3v) is 8.24. The van der Waals surface area contributed by atoms with Crippen molar-refractivity contribution < 1.29 is 46.5 Å². The molecule has 0 amide bonds. The molecule has 0 heterocycles. The predicted octanol–water partition coefficient (Wildman–Crippen LogP) is 1.38. The Kier molecular flexibility index (Phi) is 14.5. The van der Waals surface area contributed by atoms with E-state index in [1.165, 1.54) is 57.1 Å². The fraction of sp³-hybridized carbons (Fsp3) is 0.161. The van der Waals surface area contributed by atoms with Crippen LogP contribution in [0.5, 0.6) is 0 Å². The minimum atomic E-state index is -0.493. The summed E-state index contributed by atoms with van der Waals surface area (Å²) in [5.41, 5.74) is 2.98. The van der Waals surface area contributed by atoms with E-state index in [-0.39, 0.29) is 46.5 Å². The SMILES string of the molecule is CCCC[c-]1cccc1C.[Cl-].[Cl-].[Ti+4].c1ccc(P(c2ccccc2)c2cc3ccccc3[cH-]2)cc1. The molecule has 0 fully saturated rings. The van der Waals surface area contributed by atoms with Gasteiger partial charge in [0.1, 0.15) is 0 Å². The van der Waals surface area contributed by atoms with E-state index in [9.17, 15) is 0 Å². The first-order valence-electron chi connectivity index (χ1n) is 11.5. The zero-order valence-corrected chi connectivity index (χ0v) is 24.3. The normalized spacial score (nSPS) is 9.91. The van der Waals surface area contributed by atoms with Crippen LogP contribution in [0.15, 0.2) is 115 Å². The maximum absolute atomic E-state index is 2.35. The van der Waals surface area contributed by atoms with Gasteiger partial charge in [-0.3, -0.25) is 0 Å². The maximum atomic E-state index is 2.35. The van der Waals surface area contributed by atoms with E-state index in [0.717, 1.165) is 0 Å². The molecule has 5 rings (SSSR count). The molecule has 178 valence electrons. The molecule has 0 radical (unpaired) electrons. The van der Waals surface area contributed by atoms with Crippen LogP contribution in [0.25, 0.3) is 10.8 Å². The average molecular weight is 553 g/mol. The van der Waals surface area contributed by atoms with Crippen LogP contribution in [0.4, 0.5) is 0 Å². The Morgan fingerprint density at radius 2 is 1.31 bits per heavy atom. The summed E-state index contributed by atoms with van der Waals surface area (Å²) in [6, 6.07) is 41.6. The molecule has 4 heteroatoms. The summed E-state index contributed by atoms with van der Waals surface area (Å²) in [5, 5.41) is 6.89. The van der Waals surface area contributed by atoms with Gasteiger partial charge in [-0.25, -0.2) is 12.1 Å². The van der Waals surface area contributed by atoms with Crippen LogP contribution >= 0.6 is 7.92 Å². The summed E-state index contributed by atoms with van der Waals surface area (Å²) in [6.45, 7) is 4.42. The van der Waals surface area contributed by atoms with Gasteiger partial charge in [-0.2, -0.15) is 23.3 Å². The quantitative estimate of drug-likeness (QED) is 0.170. The second-order valence-corrected chi connectivity index (χ2v) is 10.4. The van der Waals surface area contributed by atoms with Crippen LogP contribution in [0.1, 0.15) is 30.9 Å². The number of aryl methyl sites for hydroxylation is 2. The van der Waals surface area contributed by atoms with Gasteiger partial charge in [-0.15, -0.1) is 40.3 Å². The molecule has 0 unspecified atom stereocenters. The van der Waals surface area contributed by atoms with Crippen molar-refractivity contribution in [3.8, 4) is 0 Å². The predicted molar refractivity (Wildman–Crippen MR) is 144 cm³/mol. The third-order valence-electron chi connectivity index (χ3n) is 5.84. The van der Waals surface area contributed by atoms with E-state index in [1.807, 2.05) is 0 Å². The summed E-state index contributed by atoms with van der Waals surface area (Å²) in [7, 11) is -0.493. The number of unbranched alkanes of at least 4 members (excludes halogenated alkanes) is 1. The van der Waals surface area contributed by atoms with Gasteiger partial charge in [0.25, 0.3) is 0 Å². The Morgan fingerprint density at radius 3 is 1.83 bits per heavy atom. The zero-order valence-electron chi connectivity index (χ0n) is 20.3. The number of rotatable bonds is 6. The fourth-order valence-corrected chi connectivity index (χ4v) is 6.43. The average Bonchev–Trinajstić information content (AvgIpc) is 3.45. The molecule has 0 atom stereocenters. The second kappa shape index (κ2) is 16.2.